The number of carbonyl (C=O) groups excluding carboxylic acids is 1. The van der Waals surface area contributed by atoms with Gasteiger partial charge in [0.15, 0.2) is 0 Å². The number of nitrogens with zero attached hydrogens (tertiary/aromatic N) is 3. The Bertz CT molecular complexity index is 1710. The number of pyridine rings is 1. The fourth-order valence-electron chi connectivity index (χ4n) is 5.68. The standard InChI is InChI=1S/C33H36ClN5O4/c1-19-21(9-8-13-26(19)37-31(41)25-17-18-35-39(3)33(25)42)23-10-7-11-24(30(23)34)27-16-15-22(32(38-27)43-4)20(2)36-28-12-5-6-14-29(28)40/h7-11,13,15-18,20,28-29,36,40H,5-6,12,14H2,1-4H3,(H,37,41)/t20-,28+,29-/m0/s1. The molecule has 224 valence electrons. The van der Waals surface area contributed by atoms with E-state index in [2.05, 4.69) is 22.7 Å². The average molecular weight is 602 g/mol. The molecular weight excluding hydrogens is 566 g/mol. The predicted molar refractivity (Wildman–Crippen MR) is 169 cm³/mol. The van der Waals surface area contributed by atoms with Crippen LogP contribution in [0.5, 0.6) is 5.88 Å². The molecule has 0 aliphatic heterocycles. The van der Waals surface area contributed by atoms with Gasteiger partial charge in [-0.15, -0.1) is 0 Å². The van der Waals surface area contributed by atoms with Gasteiger partial charge in [0.05, 0.1) is 23.9 Å². The number of aryl methyl sites for hydroxylation is 1. The van der Waals surface area contributed by atoms with E-state index in [1.165, 1.54) is 19.3 Å². The van der Waals surface area contributed by atoms with Gasteiger partial charge in [0, 0.05) is 47.7 Å². The molecule has 5 rings (SSSR count). The second-order valence-electron chi connectivity index (χ2n) is 10.9. The Kier molecular flexibility index (Phi) is 9.25. The van der Waals surface area contributed by atoms with Gasteiger partial charge < -0.3 is 20.5 Å². The quantitative estimate of drug-likeness (QED) is 0.237. The number of halogens is 1. The molecule has 2 heterocycles. The highest BCUT2D eigenvalue weighted by Crippen LogP contribution is 2.39. The lowest BCUT2D eigenvalue weighted by Gasteiger charge is -2.31. The summed E-state index contributed by atoms with van der Waals surface area (Å²) in [4.78, 5) is 30.1. The molecule has 4 aromatic rings. The van der Waals surface area contributed by atoms with Crippen LogP contribution in [0.1, 0.15) is 60.1 Å². The van der Waals surface area contributed by atoms with E-state index in [-0.39, 0.29) is 23.8 Å². The number of hydrogen-bond donors (Lipinski definition) is 3. The number of amides is 1. The molecule has 2 aromatic carbocycles. The number of methoxy groups -OCH3 is 1. The van der Waals surface area contributed by atoms with E-state index in [4.69, 9.17) is 21.3 Å². The van der Waals surface area contributed by atoms with E-state index < -0.39 is 11.5 Å². The molecule has 9 nitrogen and oxygen atoms in total. The summed E-state index contributed by atoms with van der Waals surface area (Å²) in [6.07, 6.45) is 4.97. The topological polar surface area (TPSA) is 118 Å². The molecule has 3 atom stereocenters. The van der Waals surface area contributed by atoms with Crippen molar-refractivity contribution >= 4 is 23.2 Å². The van der Waals surface area contributed by atoms with Gasteiger partial charge in [0.25, 0.3) is 11.5 Å². The zero-order valence-electron chi connectivity index (χ0n) is 24.7. The summed E-state index contributed by atoms with van der Waals surface area (Å²) in [5.41, 5.74) is 4.80. The van der Waals surface area contributed by atoms with Crippen LogP contribution < -0.4 is 20.9 Å². The van der Waals surface area contributed by atoms with E-state index in [0.717, 1.165) is 58.2 Å². The smallest absolute Gasteiger partial charge is 0.279 e. The molecule has 0 spiro atoms. The summed E-state index contributed by atoms with van der Waals surface area (Å²) in [6, 6.07) is 16.6. The van der Waals surface area contributed by atoms with Crippen molar-refractivity contribution in [3.63, 3.8) is 0 Å². The van der Waals surface area contributed by atoms with Crippen LogP contribution in [0.2, 0.25) is 5.02 Å². The Balaban J connectivity index is 1.43. The third-order valence-corrected chi connectivity index (χ3v) is 8.55. The maximum Gasteiger partial charge on any atom is 0.279 e. The molecule has 1 aliphatic carbocycles. The lowest BCUT2D eigenvalue weighted by atomic mass is 9.91. The van der Waals surface area contributed by atoms with Gasteiger partial charge in [-0.2, -0.15) is 5.10 Å². The van der Waals surface area contributed by atoms with Crippen LogP contribution in [-0.2, 0) is 7.05 Å². The molecule has 0 saturated heterocycles. The van der Waals surface area contributed by atoms with Crippen molar-refractivity contribution < 1.29 is 14.6 Å². The monoisotopic (exact) mass is 601 g/mol. The molecule has 0 unspecified atom stereocenters. The van der Waals surface area contributed by atoms with E-state index in [0.29, 0.717) is 22.3 Å². The SMILES string of the molecule is COc1nc(-c2cccc(-c3cccc(NC(=O)c4ccnn(C)c4=O)c3C)c2Cl)ccc1[C@H](C)N[C@@H]1CCCC[C@@H]1O. The van der Waals surface area contributed by atoms with Crippen LogP contribution in [0.15, 0.2) is 65.6 Å². The molecular formula is C33H36ClN5O4. The Hall–Kier alpha value is -4.05. The number of carbonyl (C=O) groups is 1. The number of anilines is 1. The first-order valence-electron chi connectivity index (χ1n) is 14.4. The number of aliphatic hydroxyl groups excluding tert-OH is 1. The highest BCUT2D eigenvalue weighted by atomic mass is 35.5. The predicted octanol–water partition coefficient (Wildman–Crippen LogP) is 5.69. The maximum absolute atomic E-state index is 12.9. The van der Waals surface area contributed by atoms with Crippen molar-refractivity contribution in [1.82, 2.24) is 20.1 Å². The summed E-state index contributed by atoms with van der Waals surface area (Å²) in [6.45, 7) is 3.95. The highest BCUT2D eigenvalue weighted by molar-refractivity contribution is 6.36. The second-order valence-corrected chi connectivity index (χ2v) is 11.3. The van der Waals surface area contributed by atoms with Crippen molar-refractivity contribution in [3.05, 3.63) is 92.9 Å². The van der Waals surface area contributed by atoms with E-state index in [9.17, 15) is 14.7 Å². The molecule has 3 N–H and O–H groups in total. The van der Waals surface area contributed by atoms with Gasteiger partial charge in [-0.1, -0.05) is 54.8 Å². The largest absolute Gasteiger partial charge is 0.481 e. The third-order valence-electron chi connectivity index (χ3n) is 8.14. The number of hydrogen-bond acceptors (Lipinski definition) is 7. The van der Waals surface area contributed by atoms with Gasteiger partial charge in [-0.05, 0) is 62.1 Å². The Morgan fingerprint density at radius 2 is 1.79 bits per heavy atom. The van der Waals surface area contributed by atoms with Crippen LogP contribution in [0.25, 0.3) is 22.4 Å². The summed E-state index contributed by atoms with van der Waals surface area (Å²) in [5.74, 6) is -0.0198. The highest BCUT2D eigenvalue weighted by Gasteiger charge is 2.26. The van der Waals surface area contributed by atoms with Crippen LogP contribution in [-0.4, -0.2) is 45.0 Å². The first kappa shape index (κ1) is 30.4. The Morgan fingerprint density at radius 3 is 2.56 bits per heavy atom. The lowest BCUT2D eigenvalue weighted by molar-refractivity contribution is 0.0857. The summed E-state index contributed by atoms with van der Waals surface area (Å²) in [7, 11) is 3.10. The Labute approximate surface area is 255 Å². The number of nitrogens with one attached hydrogen (secondary N) is 2. The average Bonchev–Trinajstić information content (AvgIpc) is 3.00. The molecule has 1 amide bonds. The zero-order chi connectivity index (χ0) is 30.7. The number of aromatic nitrogens is 3. The van der Waals surface area contributed by atoms with Crippen molar-refractivity contribution in [1.29, 1.82) is 0 Å². The summed E-state index contributed by atoms with van der Waals surface area (Å²) >= 11 is 7.03. The molecule has 2 aromatic heterocycles. The fraction of sp³-hybridized carbons (Fsp3) is 0.333. The molecule has 1 saturated carbocycles. The second kappa shape index (κ2) is 13.1. The van der Waals surface area contributed by atoms with Gasteiger partial charge in [-0.25, -0.2) is 9.67 Å². The van der Waals surface area contributed by atoms with Crippen LogP contribution >= 0.6 is 11.6 Å². The zero-order valence-corrected chi connectivity index (χ0v) is 25.5. The van der Waals surface area contributed by atoms with Gasteiger partial charge in [0.2, 0.25) is 5.88 Å². The molecule has 1 fully saturated rings. The minimum Gasteiger partial charge on any atom is -0.481 e. The normalized spacial score (nSPS) is 17.3. The first-order chi connectivity index (χ1) is 20.7. The summed E-state index contributed by atoms with van der Waals surface area (Å²) < 4.78 is 6.82. The van der Waals surface area contributed by atoms with Gasteiger partial charge in [-0.3, -0.25) is 9.59 Å². The first-order valence-corrected chi connectivity index (χ1v) is 14.8. The van der Waals surface area contributed by atoms with E-state index in [1.54, 1.807) is 13.2 Å². The van der Waals surface area contributed by atoms with E-state index >= 15 is 0 Å². The minimum absolute atomic E-state index is 0.00485. The number of ether oxygens (including phenoxy) is 1. The number of aliphatic hydroxyl groups is 1. The van der Waals surface area contributed by atoms with Crippen molar-refractivity contribution in [2.75, 3.05) is 12.4 Å². The lowest BCUT2D eigenvalue weighted by Crippen LogP contribution is -2.43. The molecule has 43 heavy (non-hydrogen) atoms. The van der Waals surface area contributed by atoms with E-state index in [1.807, 2.05) is 49.4 Å². The van der Waals surface area contributed by atoms with Gasteiger partial charge in [0.1, 0.15) is 5.56 Å². The van der Waals surface area contributed by atoms with Crippen LogP contribution in [0.3, 0.4) is 0 Å². The van der Waals surface area contributed by atoms with Crippen LogP contribution in [0.4, 0.5) is 5.69 Å². The number of rotatable bonds is 8. The summed E-state index contributed by atoms with van der Waals surface area (Å²) in [5, 5.41) is 21.2. The number of benzene rings is 2. The molecule has 0 bridgehead atoms. The van der Waals surface area contributed by atoms with Crippen molar-refractivity contribution in [2.45, 2.75) is 57.7 Å². The van der Waals surface area contributed by atoms with Crippen molar-refractivity contribution in [3.8, 4) is 28.3 Å². The molecule has 10 heteroatoms. The maximum atomic E-state index is 12.9. The van der Waals surface area contributed by atoms with Crippen LogP contribution in [0, 0.1) is 6.92 Å². The minimum atomic E-state index is -0.513. The fourth-order valence-corrected chi connectivity index (χ4v) is 6.00. The van der Waals surface area contributed by atoms with Gasteiger partial charge >= 0.3 is 0 Å². The molecule has 0 radical (unpaired) electrons. The third kappa shape index (κ3) is 6.34. The van der Waals surface area contributed by atoms with Crippen molar-refractivity contribution in [2.24, 2.45) is 7.05 Å². The Morgan fingerprint density at radius 1 is 1.07 bits per heavy atom. The molecule has 1 aliphatic rings.